The lowest BCUT2D eigenvalue weighted by Gasteiger charge is -2.11. The minimum absolute atomic E-state index is 0.122. The van der Waals surface area contributed by atoms with E-state index in [1.807, 2.05) is 13.0 Å². The van der Waals surface area contributed by atoms with Crippen molar-refractivity contribution in [3.05, 3.63) is 18.0 Å². The number of hydrogen-bond donors (Lipinski definition) is 2. The van der Waals surface area contributed by atoms with Crippen LogP contribution < -0.4 is 0 Å². The average molecular weight is 184 g/mol. The van der Waals surface area contributed by atoms with Crippen LogP contribution >= 0.6 is 0 Å². The van der Waals surface area contributed by atoms with E-state index in [0.717, 1.165) is 12.2 Å². The van der Waals surface area contributed by atoms with Gasteiger partial charge in [0.05, 0.1) is 11.8 Å². The molecule has 0 radical (unpaired) electrons. The highest BCUT2D eigenvalue weighted by Gasteiger charge is 2.11. The largest absolute Gasteiger partial charge is 0.396 e. The fourth-order valence-corrected chi connectivity index (χ4v) is 1.32. The molecule has 1 unspecified atom stereocenters. The number of rotatable bonds is 5. The van der Waals surface area contributed by atoms with Crippen LogP contribution in [-0.2, 0) is 6.54 Å². The van der Waals surface area contributed by atoms with E-state index in [0.29, 0.717) is 12.8 Å². The standard InChI is InChI=1S/C9H16N2O2/c1-2-11-8(5-6-10-11)9(13)4-3-7-12/h5-6,9,12-13H,2-4,7H2,1H3. The average Bonchev–Trinajstić information content (AvgIpc) is 2.61. The van der Waals surface area contributed by atoms with Crippen molar-refractivity contribution in [3.63, 3.8) is 0 Å². The van der Waals surface area contributed by atoms with E-state index in [2.05, 4.69) is 5.10 Å². The van der Waals surface area contributed by atoms with Gasteiger partial charge in [0.15, 0.2) is 0 Å². The third-order valence-electron chi connectivity index (χ3n) is 2.03. The quantitative estimate of drug-likeness (QED) is 0.708. The minimum Gasteiger partial charge on any atom is -0.396 e. The van der Waals surface area contributed by atoms with Gasteiger partial charge in [-0.1, -0.05) is 0 Å². The molecule has 74 valence electrons. The molecule has 1 heterocycles. The van der Waals surface area contributed by atoms with Crippen molar-refractivity contribution in [1.82, 2.24) is 9.78 Å². The number of nitrogens with zero attached hydrogens (tertiary/aromatic N) is 2. The maximum atomic E-state index is 9.68. The van der Waals surface area contributed by atoms with E-state index < -0.39 is 6.10 Å². The molecule has 0 fully saturated rings. The van der Waals surface area contributed by atoms with Crippen LogP contribution in [0.2, 0.25) is 0 Å². The summed E-state index contributed by atoms with van der Waals surface area (Å²) in [6.07, 6.45) is 2.38. The van der Waals surface area contributed by atoms with Gasteiger partial charge in [-0.3, -0.25) is 4.68 Å². The van der Waals surface area contributed by atoms with Crippen molar-refractivity contribution in [2.45, 2.75) is 32.4 Å². The van der Waals surface area contributed by atoms with Crippen molar-refractivity contribution in [2.75, 3.05) is 6.61 Å². The Labute approximate surface area is 77.8 Å². The maximum Gasteiger partial charge on any atom is 0.0957 e. The molecular weight excluding hydrogens is 168 g/mol. The summed E-state index contributed by atoms with van der Waals surface area (Å²) in [4.78, 5) is 0. The summed E-state index contributed by atoms with van der Waals surface area (Å²) < 4.78 is 1.77. The number of aromatic nitrogens is 2. The summed E-state index contributed by atoms with van der Waals surface area (Å²) in [5, 5.41) is 22.3. The molecule has 1 aromatic heterocycles. The molecule has 0 saturated heterocycles. The molecule has 13 heavy (non-hydrogen) atoms. The van der Waals surface area contributed by atoms with Crippen molar-refractivity contribution >= 4 is 0 Å². The smallest absolute Gasteiger partial charge is 0.0957 e. The monoisotopic (exact) mass is 184 g/mol. The SMILES string of the molecule is CCn1nccc1C(O)CCCO. The molecule has 0 amide bonds. The van der Waals surface area contributed by atoms with Gasteiger partial charge in [0.2, 0.25) is 0 Å². The van der Waals surface area contributed by atoms with Crippen LogP contribution in [0.3, 0.4) is 0 Å². The van der Waals surface area contributed by atoms with Gasteiger partial charge in [-0.25, -0.2) is 0 Å². The first-order valence-corrected chi connectivity index (χ1v) is 4.60. The molecule has 1 aromatic rings. The predicted molar refractivity (Wildman–Crippen MR) is 49.2 cm³/mol. The van der Waals surface area contributed by atoms with Crippen molar-refractivity contribution in [3.8, 4) is 0 Å². The zero-order valence-electron chi connectivity index (χ0n) is 7.85. The third-order valence-corrected chi connectivity index (χ3v) is 2.03. The summed E-state index contributed by atoms with van der Waals surface area (Å²) in [7, 11) is 0. The molecule has 0 aromatic carbocycles. The number of aliphatic hydroxyl groups is 2. The molecule has 4 nitrogen and oxygen atoms in total. The summed E-state index contributed by atoms with van der Waals surface area (Å²) in [5.41, 5.74) is 0.830. The highest BCUT2D eigenvalue weighted by Crippen LogP contribution is 2.17. The predicted octanol–water partition coefficient (Wildman–Crippen LogP) is 0.709. The second kappa shape index (κ2) is 4.99. The van der Waals surface area contributed by atoms with Crippen LogP contribution in [0.5, 0.6) is 0 Å². The van der Waals surface area contributed by atoms with Gasteiger partial charge < -0.3 is 10.2 Å². The topological polar surface area (TPSA) is 58.3 Å². The fraction of sp³-hybridized carbons (Fsp3) is 0.667. The number of aryl methyl sites for hydroxylation is 1. The molecule has 2 N–H and O–H groups in total. The molecule has 1 rings (SSSR count). The van der Waals surface area contributed by atoms with E-state index in [9.17, 15) is 5.11 Å². The summed E-state index contributed by atoms with van der Waals surface area (Å²) in [6, 6.07) is 1.81. The Bertz CT molecular complexity index is 248. The van der Waals surface area contributed by atoms with Crippen LogP contribution in [-0.4, -0.2) is 26.6 Å². The summed E-state index contributed by atoms with van der Waals surface area (Å²) in [6.45, 7) is 2.87. The molecule has 0 aliphatic rings. The Balaban J connectivity index is 2.59. The van der Waals surface area contributed by atoms with E-state index in [-0.39, 0.29) is 6.61 Å². The van der Waals surface area contributed by atoms with E-state index >= 15 is 0 Å². The Morgan fingerprint density at radius 3 is 3.00 bits per heavy atom. The fourth-order valence-electron chi connectivity index (χ4n) is 1.32. The molecule has 0 saturated carbocycles. The second-order valence-electron chi connectivity index (χ2n) is 2.95. The lowest BCUT2D eigenvalue weighted by atomic mass is 10.1. The zero-order chi connectivity index (χ0) is 9.68. The highest BCUT2D eigenvalue weighted by molar-refractivity contribution is 5.04. The normalized spacial score (nSPS) is 13.2. The lowest BCUT2D eigenvalue weighted by Crippen LogP contribution is -2.08. The van der Waals surface area contributed by atoms with Gasteiger partial charge in [-0.05, 0) is 25.8 Å². The Hall–Kier alpha value is -0.870. The summed E-state index contributed by atoms with van der Waals surface area (Å²) in [5.74, 6) is 0. The third kappa shape index (κ3) is 2.54. The van der Waals surface area contributed by atoms with Gasteiger partial charge in [-0.15, -0.1) is 0 Å². The van der Waals surface area contributed by atoms with E-state index in [4.69, 9.17) is 5.11 Å². The summed E-state index contributed by atoms with van der Waals surface area (Å²) >= 11 is 0. The van der Waals surface area contributed by atoms with Crippen LogP contribution in [0.25, 0.3) is 0 Å². The molecule has 1 atom stereocenters. The number of aliphatic hydroxyl groups excluding tert-OH is 2. The van der Waals surface area contributed by atoms with E-state index in [1.165, 1.54) is 0 Å². The Morgan fingerprint density at radius 2 is 2.38 bits per heavy atom. The van der Waals surface area contributed by atoms with Gasteiger partial charge in [0.25, 0.3) is 0 Å². The Morgan fingerprint density at radius 1 is 1.62 bits per heavy atom. The van der Waals surface area contributed by atoms with Gasteiger partial charge >= 0.3 is 0 Å². The zero-order valence-corrected chi connectivity index (χ0v) is 7.85. The van der Waals surface area contributed by atoms with Gasteiger partial charge in [0, 0.05) is 19.3 Å². The van der Waals surface area contributed by atoms with Gasteiger partial charge in [-0.2, -0.15) is 5.10 Å². The number of hydrogen-bond acceptors (Lipinski definition) is 3. The van der Waals surface area contributed by atoms with Crippen molar-refractivity contribution in [1.29, 1.82) is 0 Å². The Kier molecular flexibility index (Phi) is 3.92. The first-order chi connectivity index (χ1) is 6.29. The molecule has 0 spiro atoms. The maximum absolute atomic E-state index is 9.68. The molecule has 0 bridgehead atoms. The van der Waals surface area contributed by atoms with Crippen LogP contribution in [0.15, 0.2) is 12.3 Å². The molecular formula is C9H16N2O2. The lowest BCUT2D eigenvalue weighted by molar-refractivity contribution is 0.142. The van der Waals surface area contributed by atoms with Crippen molar-refractivity contribution in [2.24, 2.45) is 0 Å². The molecule has 0 aliphatic carbocycles. The van der Waals surface area contributed by atoms with E-state index in [1.54, 1.807) is 10.9 Å². The van der Waals surface area contributed by atoms with Crippen LogP contribution in [0.1, 0.15) is 31.6 Å². The second-order valence-corrected chi connectivity index (χ2v) is 2.95. The molecule has 4 heteroatoms. The van der Waals surface area contributed by atoms with Crippen LogP contribution in [0.4, 0.5) is 0 Å². The van der Waals surface area contributed by atoms with Crippen molar-refractivity contribution < 1.29 is 10.2 Å². The van der Waals surface area contributed by atoms with Crippen LogP contribution in [0, 0.1) is 0 Å². The molecule has 0 aliphatic heterocycles. The highest BCUT2D eigenvalue weighted by atomic mass is 16.3. The first-order valence-electron chi connectivity index (χ1n) is 4.60. The van der Waals surface area contributed by atoms with Gasteiger partial charge in [0.1, 0.15) is 0 Å². The first kappa shape index (κ1) is 10.2. The minimum atomic E-state index is -0.505.